The van der Waals surface area contributed by atoms with Gasteiger partial charge in [-0.2, -0.15) is 0 Å². The quantitative estimate of drug-likeness (QED) is 0.644. The van der Waals surface area contributed by atoms with Crippen LogP contribution in [0.5, 0.6) is 0 Å². The minimum Gasteiger partial charge on any atom is -0.360 e. The van der Waals surface area contributed by atoms with Crippen molar-refractivity contribution in [2.45, 2.75) is 32.7 Å². The van der Waals surface area contributed by atoms with E-state index < -0.39 is 0 Å². The van der Waals surface area contributed by atoms with E-state index in [0.717, 1.165) is 5.56 Å². The van der Waals surface area contributed by atoms with Crippen molar-refractivity contribution in [3.63, 3.8) is 0 Å². The summed E-state index contributed by atoms with van der Waals surface area (Å²) in [6, 6.07) is 14.8. The molecule has 3 aromatic rings. The van der Waals surface area contributed by atoms with Gasteiger partial charge in [-0.05, 0) is 44.4 Å². The summed E-state index contributed by atoms with van der Waals surface area (Å²) >= 11 is 6.31. The van der Waals surface area contributed by atoms with Crippen LogP contribution < -0.4 is 5.32 Å². The van der Waals surface area contributed by atoms with E-state index in [1.165, 1.54) is 0 Å². The molecule has 0 radical (unpaired) electrons. The van der Waals surface area contributed by atoms with Crippen molar-refractivity contribution in [1.29, 1.82) is 0 Å². The maximum atomic E-state index is 13.3. The van der Waals surface area contributed by atoms with Gasteiger partial charge < -0.3 is 14.7 Å². The highest BCUT2D eigenvalue weighted by atomic mass is 35.5. The number of nitrogens with one attached hydrogen (secondary N) is 1. The molecule has 0 bridgehead atoms. The molecule has 1 aromatic heterocycles. The molecular weight excluding hydrogens is 414 g/mol. The zero-order valence-electron chi connectivity index (χ0n) is 17.5. The Morgan fingerprint density at radius 3 is 2.45 bits per heavy atom. The molecule has 1 N–H and O–H groups in total. The zero-order chi connectivity index (χ0) is 22.0. The second-order valence-electron chi connectivity index (χ2n) is 7.80. The van der Waals surface area contributed by atoms with Crippen LogP contribution in [0.25, 0.3) is 11.3 Å². The van der Waals surface area contributed by atoms with E-state index in [9.17, 15) is 9.59 Å². The molecule has 0 unspecified atom stereocenters. The average molecular weight is 438 g/mol. The number of rotatable bonds is 4. The number of carbonyl (C=O) groups excluding carboxylic acids is 2. The minimum atomic E-state index is -0.127. The van der Waals surface area contributed by atoms with Gasteiger partial charge in [-0.15, -0.1) is 0 Å². The highest BCUT2D eigenvalue weighted by molar-refractivity contribution is 6.33. The van der Waals surface area contributed by atoms with Gasteiger partial charge in [0.1, 0.15) is 17.0 Å². The molecule has 1 saturated heterocycles. The van der Waals surface area contributed by atoms with E-state index in [0.29, 0.717) is 59.1 Å². The lowest BCUT2D eigenvalue weighted by Gasteiger charge is -2.32. The monoisotopic (exact) mass is 437 g/mol. The fourth-order valence-electron chi connectivity index (χ4n) is 3.94. The van der Waals surface area contributed by atoms with Crippen LogP contribution in [0, 0.1) is 13.8 Å². The number of carbonyl (C=O) groups is 2. The SMILES string of the molecule is Cc1ccccc1C(=O)NC1CCN(C(=O)c2c(-c3ccccc3Cl)noc2C)CC1. The lowest BCUT2D eigenvalue weighted by Crippen LogP contribution is -2.46. The lowest BCUT2D eigenvalue weighted by molar-refractivity contribution is 0.0697. The van der Waals surface area contributed by atoms with Crippen LogP contribution >= 0.6 is 11.6 Å². The second kappa shape index (κ2) is 8.94. The fourth-order valence-corrected chi connectivity index (χ4v) is 4.16. The molecule has 0 atom stereocenters. The normalized spacial score (nSPS) is 14.5. The Hall–Kier alpha value is -3.12. The van der Waals surface area contributed by atoms with Crippen LogP contribution in [-0.2, 0) is 0 Å². The molecule has 2 aromatic carbocycles. The first-order chi connectivity index (χ1) is 15.0. The van der Waals surface area contributed by atoms with Crippen LogP contribution in [-0.4, -0.2) is 41.0 Å². The van der Waals surface area contributed by atoms with E-state index >= 15 is 0 Å². The number of amides is 2. The number of aryl methyl sites for hydroxylation is 2. The molecule has 2 amide bonds. The number of hydrogen-bond acceptors (Lipinski definition) is 4. The Bertz CT molecular complexity index is 1120. The van der Waals surface area contributed by atoms with Gasteiger partial charge in [-0.3, -0.25) is 9.59 Å². The van der Waals surface area contributed by atoms with E-state index in [4.69, 9.17) is 16.1 Å². The Morgan fingerprint density at radius 2 is 1.74 bits per heavy atom. The topological polar surface area (TPSA) is 75.4 Å². The molecule has 7 heteroatoms. The van der Waals surface area contributed by atoms with Crippen LogP contribution in [0.15, 0.2) is 53.1 Å². The maximum Gasteiger partial charge on any atom is 0.259 e. The van der Waals surface area contributed by atoms with E-state index in [2.05, 4.69) is 10.5 Å². The van der Waals surface area contributed by atoms with Crippen LogP contribution in [0.4, 0.5) is 0 Å². The third kappa shape index (κ3) is 4.35. The predicted octanol–water partition coefficient (Wildman–Crippen LogP) is 4.65. The van der Waals surface area contributed by atoms with Gasteiger partial charge in [0.05, 0.1) is 5.02 Å². The van der Waals surface area contributed by atoms with Gasteiger partial charge in [0.15, 0.2) is 0 Å². The van der Waals surface area contributed by atoms with Crippen molar-refractivity contribution >= 4 is 23.4 Å². The molecule has 0 aliphatic carbocycles. The molecule has 2 heterocycles. The van der Waals surface area contributed by atoms with Crippen LogP contribution in [0.1, 0.15) is 44.9 Å². The van der Waals surface area contributed by atoms with E-state index in [1.54, 1.807) is 17.9 Å². The highest BCUT2D eigenvalue weighted by Gasteiger charge is 2.30. The van der Waals surface area contributed by atoms with Crippen molar-refractivity contribution in [1.82, 2.24) is 15.4 Å². The molecule has 4 rings (SSSR count). The molecular formula is C24H24ClN3O3. The van der Waals surface area contributed by atoms with Gasteiger partial charge in [0.25, 0.3) is 11.8 Å². The Balaban J connectivity index is 1.44. The van der Waals surface area contributed by atoms with Crippen molar-refractivity contribution in [3.05, 3.63) is 76.0 Å². The zero-order valence-corrected chi connectivity index (χ0v) is 18.3. The fraction of sp³-hybridized carbons (Fsp3) is 0.292. The van der Waals surface area contributed by atoms with Gasteiger partial charge in [0, 0.05) is 30.3 Å². The average Bonchev–Trinajstić information content (AvgIpc) is 3.15. The third-order valence-electron chi connectivity index (χ3n) is 5.71. The molecule has 1 fully saturated rings. The summed E-state index contributed by atoms with van der Waals surface area (Å²) in [7, 11) is 0. The predicted molar refractivity (Wildman–Crippen MR) is 119 cm³/mol. The molecule has 1 aliphatic rings. The highest BCUT2D eigenvalue weighted by Crippen LogP contribution is 2.32. The number of hydrogen-bond donors (Lipinski definition) is 1. The van der Waals surface area contributed by atoms with E-state index in [-0.39, 0.29) is 17.9 Å². The summed E-state index contributed by atoms with van der Waals surface area (Å²) in [5.41, 5.74) is 3.21. The van der Waals surface area contributed by atoms with E-state index in [1.807, 2.05) is 49.4 Å². The number of aromatic nitrogens is 1. The second-order valence-corrected chi connectivity index (χ2v) is 8.20. The minimum absolute atomic E-state index is 0.0303. The first-order valence-electron chi connectivity index (χ1n) is 10.3. The summed E-state index contributed by atoms with van der Waals surface area (Å²) < 4.78 is 5.34. The number of piperidine rings is 1. The summed E-state index contributed by atoms with van der Waals surface area (Å²) in [6.07, 6.45) is 1.38. The molecule has 1 aliphatic heterocycles. The smallest absolute Gasteiger partial charge is 0.259 e. The first kappa shape index (κ1) is 21.1. The van der Waals surface area contributed by atoms with Crippen molar-refractivity contribution in [2.24, 2.45) is 0 Å². The van der Waals surface area contributed by atoms with Crippen molar-refractivity contribution < 1.29 is 14.1 Å². The lowest BCUT2D eigenvalue weighted by atomic mass is 10.0. The van der Waals surface area contributed by atoms with Crippen molar-refractivity contribution in [2.75, 3.05) is 13.1 Å². The van der Waals surface area contributed by atoms with Crippen molar-refractivity contribution in [3.8, 4) is 11.3 Å². The van der Waals surface area contributed by atoms with Crippen LogP contribution in [0.2, 0.25) is 5.02 Å². The number of nitrogens with zero attached hydrogens (tertiary/aromatic N) is 2. The molecule has 0 saturated carbocycles. The Morgan fingerprint density at radius 1 is 1.06 bits per heavy atom. The number of benzene rings is 2. The molecule has 6 nitrogen and oxygen atoms in total. The van der Waals surface area contributed by atoms with Crippen LogP contribution in [0.3, 0.4) is 0 Å². The largest absolute Gasteiger partial charge is 0.360 e. The van der Waals surface area contributed by atoms with Gasteiger partial charge >= 0.3 is 0 Å². The first-order valence-corrected chi connectivity index (χ1v) is 10.7. The third-order valence-corrected chi connectivity index (χ3v) is 6.04. The summed E-state index contributed by atoms with van der Waals surface area (Å²) in [5, 5.41) is 7.71. The molecule has 0 spiro atoms. The van der Waals surface area contributed by atoms with Gasteiger partial charge in [-0.25, -0.2) is 0 Å². The summed E-state index contributed by atoms with van der Waals surface area (Å²) in [4.78, 5) is 27.7. The Labute approximate surface area is 186 Å². The Kier molecular flexibility index (Phi) is 6.09. The van der Waals surface area contributed by atoms with Gasteiger partial charge in [0.2, 0.25) is 0 Å². The molecule has 160 valence electrons. The number of likely N-dealkylation sites (tertiary alicyclic amines) is 1. The van der Waals surface area contributed by atoms with Gasteiger partial charge in [-0.1, -0.05) is 53.2 Å². The summed E-state index contributed by atoms with van der Waals surface area (Å²) in [5.74, 6) is 0.269. The standard InChI is InChI=1S/C24H24ClN3O3/c1-15-7-3-4-8-18(15)23(29)26-17-11-13-28(14-12-17)24(30)21-16(2)31-27-22(21)19-9-5-6-10-20(19)25/h3-10,17H,11-14H2,1-2H3,(H,26,29). The maximum absolute atomic E-state index is 13.3. The molecule has 31 heavy (non-hydrogen) atoms. The summed E-state index contributed by atoms with van der Waals surface area (Å²) in [6.45, 7) is 4.75. The number of halogens is 1.